The second-order valence-electron chi connectivity index (χ2n) is 11.5. The first kappa shape index (κ1) is 33.7. The fourth-order valence-electron chi connectivity index (χ4n) is 6.02. The number of fused-ring (bicyclic) bond motifs is 2. The van der Waals surface area contributed by atoms with Gasteiger partial charge in [-0.25, -0.2) is 29.1 Å². The number of hydrogen-bond acceptors (Lipinski definition) is 6. The highest BCUT2D eigenvalue weighted by atomic mass is 16.4. The minimum absolute atomic E-state index is 0.0568. The first-order valence-corrected chi connectivity index (χ1v) is 15.5. The number of carbonyl (C=O) groups is 4. The van der Waals surface area contributed by atoms with Gasteiger partial charge < -0.3 is 20.4 Å². The molecule has 0 aliphatic heterocycles. The Morgan fingerprint density at radius 3 is 0.706 bits per heavy atom. The Kier molecular flexibility index (Phi) is 9.32. The van der Waals surface area contributed by atoms with Crippen LogP contribution in [0.5, 0.6) is 0 Å². The highest BCUT2D eigenvalue weighted by Crippen LogP contribution is 2.45. The zero-order chi connectivity index (χ0) is 36.1. The molecule has 0 aliphatic rings. The van der Waals surface area contributed by atoms with Crippen LogP contribution < -0.4 is 0 Å². The molecule has 0 amide bonds. The summed E-state index contributed by atoms with van der Waals surface area (Å²) in [4.78, 5) is 55.1. The van der Waals surface area contributed by atoms with E-state index in [9.17, 15) is 39.6 Å². The van der Waals surface area contributed by atoms with E-state index in [0.717, 1.165) is 22.1 Å². The van der Waals surface area contributed by atoms with Crippen molar-refractivity contribution in [2.75, 3.05) is 0 Å². The van der Waals surface area contributed by atoms with E-state index < -0.39 is 29.3 Å². The van der Waals surface area contributed by atoms with Crippen LogP contribution in [0.4, 0.5) is 0 Å². The summed E-state index contributed by atoms with van der Waals surface area (Å²) in [6, 6.07) is 40.4. The van der Waals surface area contributed by atoms with Gasteiger partial charge in [0.25, 0.3) is 0 Å². The van der Waals surface area contributed by atoms with E-state index in [2.05, 4.69) is 9.97 Å². The molecule has 10 heteroatoms. The van der Waals surface area contributed by atoms with Crippen molar-refractivity contribution in [3.05, 3.63) is 190 Å². The third kappa shape index (κ3) is 6.74. The molecule has 0 saturated carbocycles. The quantitative estimate of drug-likeness (QED) is 0.0924. The molecule has 1 aromatic heterocycles. The Morgan fingerprint density at radius 2 is 0.529 bits per heavy atom. The zero-order valence-electron chi connectivity index (χ0n) is 26.7. The molecular formula is C41H28N2O8. The van der Waals surface area contributed by atoms with Crippen molar-refractivity contribution in [2.45, 2.75) is 5.41 Å². The summed E-state index contributed by atoms with van der Waals surface area (Å²) in [5.74, 6) is -4.45. The molecule has 0 atom stereocenters. The number of nitrogens with zero attached hydrogens (tertiary/aromatic N) is 2. The van der Waals surface area contributed by atoms with Gasteiger partial charge in [0.1, 0.15) is 0 Å². The largest absolute Gasteiger partial charge is 0.478 e. The third-order valence-electron chi connectivity index (χ3n) is 8.50. The normalized spacial score (nSPS) is 11.0. The molecule has 51 heavy (non-hydrogen) atoms. The van der Waals surface area contributed by atoms with E-state index in [0.29, 0.717) is 22.3 Å². The van der Waals surface area contributed by atoms with Gasteiger partial charge in [-0.2, -0.15) is 0 Å². The Balaban J connectivity index is 0.000000263. The Bertz CT molecular complexity index is 2070. The fraction of sp³-hybridized carbons (Fsp3) is 0.0244. The van der Waals surface area contributed by atoms with Gasteiger partial charge in [0.15, 0.2) is 0 Å². The molecule has 7 aromatic rings. The van der Waals surface area contributed by atoms with E-state index in [1.165, 1.54) is 48.5 Å². The van der Waals surface area contributed by atoms with Crippen LogP contribution in [0.1, 0.15) is 63.7 Å². The second kappa shape index (κ2) is 14.1. The number of aromatic nitrogens is 2. The Labute approximate surface area is 290 Å². The molecule has 10 nitrogen and oxygen atoms in total. The predicted molar refractivity (Wildman–Crippen MR) is 190 cm³/mol. The van der Waals surface area contributed by atoms with Crippen LogP contribution in [-0.2, 0) is 5.41 Å². The van der Waals surface area contributed by atoms with Gasteiger partial charge in [0.2, 0.25) is 0 Å². The number of rotatable bonds is 8. The molecule has 6 aromatic carbocycles. The summed E-state index contributed by atoms with van der Waals surface area (Å²) in [6.45, 7) is 0. The maximum Gasteiger partial charge on any atom is 0.335 e. The van der Waals surface area contributed by atoms with E-state index in [1.54, 1.807) is 48.5 Å². The lowest BCUT2D eigenvalue weighted by Crippen LogP contribution is -2.31. The van der Waals surface area contributed by atoms with Gasteiger partial charge in [-0.1, -0.05) is 72.8 Å². The average molecular weight is 677 g/mol. The van der Waals surface area contributed by atoms with Gasteiger partial charge in [0, 0.05) is 0 Å². The van der Waals surface area contributed by atoms with E-state index in [1.807, 2.05) is 48.5 Å². The molecule has 0 fully saturated rings. The lowest BCUT2D eigenvalue weighted by Gasteiger charge is -2.37. The topological polar surface area (TPSA) is 175 Å². The molecule has 4 N–H and O–H groups in total. The van der Waals surface area contributed by atoms with E-state index in [-0.39, 0.29) is 22.3 Å². The van der Waals surface area contributed by atoms with Crippen LogP contribution in [0.15, 0.2) is 146 Å². The van der Waals surface area contributed by atoms with Crippen LogP contribution in [-0.4, -0.2) is 54.3 Å². The van der Waals surface area contributed by atoms with E-state index in [4.69, 9.17) is 0 Å². The molecule has 0 radical (unpaired) electrons. The summed E-state index contributed by atoms with van der Waals surface area (Å²) < 4.78 is 0. The maximum atomic E-state index is 11.5. The predicted octanol–water partition coefficient (Wildman–Crippen LogP) is 7.65. The van der Waals surface area contributed by atoms with Crippen LogP contribution in [0, 0.1) is 0 Å². The molecule has 250 valence electrons. The smallest absolute Gasteiger partial charge is 0.335 e. The average Bonchev–Trinajstić information content (AvgIpc) is 3.15. The molecular weight excluding hydrogens is 648 g/mol. The van der Waals surface area contributed by atoms with Crippen molar-refractivity contribution >= 4 is 45.9 Å². The summed E-state index contributed by atoms with van der Waals surface area (Å²) in [7, 11) is 0. The van der Waals surface area contributed by atoms with Crippen LogP contribution in [0.3, 0.4) is 0 Å². The van der Waals surface area contributed by atoms with Gasteiger partial charge in [-0.05, 0) is 95.1 Å². The fourth-order valence-corrected chi connectivity index (χ4v) is 6.02. The summed E-state index contributed by atoms with van der Waals surface area (Å²) in [5, 5.41) is 37.6. The van der Waals surface area contributed by atoms with Crippen LogP contribution >= 0.6 is 0 Å². The standard InChI is InChI=1S/C29H20O8.C12H8N2/c30-25(31)17-1-9-21(10-2-17)29(22-11-3-18(4-12-22)26(32)33,23-13-5-19(6-14-23)27(34)35)24-15-7-20(8-16-24)28(36)37;1-2-6-10-9(5-1)13-11-7-3-4-8-12(11)14-10/h1-16H,(H,30,31)(H,32,33)(H,34,35)(H,36,37);1-8H. The zero-order valence-corrected chi connectivity index (χ0v) is 26.7. The summed E-state index contributed by atoms with van der Waals surface area (Å²) in [6.07, 6.45) is 0. The lowest BCUT2D eigenvalue weighted by atomic mass is 9.65. The highest BCUT2D eigenvalue weighted by molar-refractivity contribution is 5.90. The highest BCUT2D eigenvalue weighted by Gasteiger charge is 2.39. The minimum Gasteiger partial charge on any atom is -0.478 e. The van der Waals surface area contributed by atoms with Gasteiger partial charge in [-0.15, -0.1) is 0 Å². The van der Waals surface area contributed by atoms with Gasteiger partial charge in [-0.3, -0.25) is 0 Å². The Hall–Kier alpha value is -7.20. The SMILES string of the molecule is O=C(O)c1ccc(C(c2ccc(C(=O)O)cc2)(c2ccc(C(=O)O)cc2)c2ccc(C(=O)O)cc2)cc1.c1ccc2nc3ccccc3nc2c1. The minimum atomic E-state index is -1.18. The van der Waals surface area contributed by atoms with Crippen LogP contribution in [0.25, 0.3) is 22.1 Å². The molecule has 1 heterocycles. The number of para-hydroxylation sites is 4. The van der Waals surface area contributed by atoms with Crippen molar-refractivity contribution in [3.63, 3.8) is 0 Å². The summed E-state index contributed by atoms with van der Waals surface area (Å²) in [5.41, 5.74) is 5.26. The number of hydrogen-bond donors (Lipinski definition) is 4. The molecule has 0 spiro atoms. The third-order valence-corrected chi connectivity index (χ3v) is 8.50. The van der Waals surface area contributed by atoms with E-state index >= 15 is 0 Å². The second-order valence-corrected chi connectivity index (χ2v) is 11.5. The number of aromatic carboxylic acids is 4. The molecule has 0 aliphatic carbocycles. The van der Waals surface area contributed by atoms with Crippen molar-refractivity contribution in [3.8, 4) is 0 Å². The lowest BCUT2D eigenvalue weighted by molar-refractivity contribution is 0.0686. The molecule has 7 rings (SSSR count). The van der Waals surface area contributed by atoms with Gasteiger partial charge >= 0.3 is 23.9 Å². The maximum absolute atomic E-state index is 11.5. The monoisotopic (exact) mass is 676 g/mol. The summed E-state index contributed by atoms with van der Waals surface area (Å²) >= 11 is 0. The first-order chi connectivity index (χ1) is 24.6. The van der Waals surface area contributed by atoms with Crippen molar-refractivity contribution < 1.29 is 39.6 Å². The number of carboxylic acids is 4. The number of carboxylic acid groups (broad SMARTS) is 4. The van der Waals surface area contributed by atoms with Gasteiger partial charge in [0.05, 0.1) is 49.7 Å². The molecule has 0 saturated heterocycles. The molecule has 0 unspecified atom stereocenters. The van der Waals surface area contributed by atoms with Crippen molar-refractivity contribution in [1.29, 1.82) is 0 Å². The van der Waals surface area contributed by atoms with Crippen molar-refractivity contribution in [1.82, 2.24) is 9.97 Å². The number of benzene rings is 6. The van der Waals surface area contributed by atoms with Crippen LogP contribution in [0.2, 0.25) is 0 Å². The Morgan fingerprint density at radius 1 is 0.333 bits per heavy atom. The first-order valence-electron chi connectivity index (χ1n) is 15.5. The van der Waals surface area contributed by atoms with Crippen molar-refractivity contribution in [2.24, 2.45) is 0 Å². The molecule has 0 bridgehead atoms.